The van der Waals surface area contributed by atoms with Gasteiger partial charge in [-0.25, -0.2) is 0 Å². The highest BCUT2D eigenvalue weighted by Gasteiger charge is 2.61. The van der Waals surface area contributed by atoms with Crippen LogP contribution < -0.4 is 0 Å². The van der Waals surface area contributed by atoms with E-state index < -0.39 is 7.05 Å². The number of hydrogen-bond donors (Lipinski definition) is 1. The summed E-state index contributed by atoms with van der Waals surface area (Å²) in [5.74, 6) is 0. The molecule has 2 rings (SSSR count). The summed E-state index contributed by atoms with van der Waals surface area (Å²) in [5.41, 5.74) is 1.35. The molecule has 0 radical (unpaired) electrons. The van der Waals surface area contributed by atoms with E-state index in [1.165, 1.54) is 32.1 Å². The highest BCUT2D eigenvalue weighted by Crippen LogP contribution is 2.80. The highest BCUT2D eigenvalue weighted by molar-refractivity contribution is 7.68. The van der Waals surface area contributed by atoms with Gasteiger partial charge in [-0.1, -0.05) is 48.0 Å². The third-order valence-corrected chi connectivity index (χ3v) is 11.3. The van der Waals surface area contributed by atoms with Crippen molar-refractivity contribution in [2.24, 2.45) is 5.41 Å². The zero-order valence-corrected chi connectivity index (χ0v) is 13.5. The van der Waals surface area contributed by atoms with Gasteiger partial charge in [0.15, 0.2) is 0 Å². The van der Waals surface area contributed by atoms with Gasteiger partial charge in [-0.3, -0.25) is 0 Å². The second-order valence-corrected chi connectivity index (χ2v) is 13.1. The fourth-order valence-electron chi connectivity index (χ4n) is 4.41. The molecule has 0 aliphatic heterocycles. The maximum atomic E-state index is 9.43. The van der Waals surface area contributed by atoms with Crippen molar-refractivity contribution in [3.63, 3.8) is 0 Å². The monoisotopic (exact) mass is 255 g/mol. The normalized spacial score (nSPS) is 28.7. The molecule has 2 saturated carbocycles. The van der Waals surface area contributed by atoms with Gasteiger partial charge in [0.25, 0.3) is 0 Å². The van der Waals surface area contributed by atoms with Crippen molar-refractivity contribution in [3.05, 3.63) is 0 Å². The lowest BCUT2D eigenvalue weighted by atomic mass is 10.1. The number of rotatable bonds is 1. The predicted octanol–water partition coefficient (Wildman–Crippen LogP) is 5.70. The van der Waals surface area contributed by atoms with Crippen LogP contribution in [0.1, 0.15) is 73.6 Å². The van der Waals surface area contributed by atoms with E-state index in [1.54, 1.807) is 0 Å². The molecule has 2 aliphatic carbocycles. The maximum absolute atomic E-state index is 9.43. The van der Waals surface area contributed by atoms with Crippen molar-refractivity contribution in [2.75, 3.05) is 0 Å². The van der Waals surface area contributed by atoms with E-state index >= 15 is 0 Å². The fraction of sp³-hybridized carbons (Fsp3) is 1.00. The van der Waals surface area contributed by atoms with Gasteiger partial charge in [-0.15, -0.1) is 0 Å². The van der Waals surface area contributed by atoms with E-state index in [9.17, 15) is 5.16 Å². The van der Waals surface area contributed by atoms with Crippen LogP contribution in [0.3, 0.4) is 0 Å². The molecule has 0 aromatic rings. The van der Waals surface area contributed by atoms with E-state index in [0.717, 1.165) is 5.66 Å². The molecule has 0 aromatic carbocycles. The minimum atomic E-state index is -1.69. The van der Waals surface area contributed by atoms with Crippen molar-refractivity contribution >= 4 is 7.05 Å². The summed E-state index contributed by atoms with van der Waals surface area (Å²) in [5, 5.41) is 9.78. The van der Waals surface area contributed by atoms with Crippen LogP contribution >= 0.6 is 7.05 Å². The Balaban J connectivity index is 2.46. The molecular formula is C15H30NP. The zero-order chi connectivity index (χ0) is 13.1. The Morgan fingerprint density at radius 1 is 0.941 bits per heavy atom. The third kappa shape index (κ3) is 1.84. The van der Waals surface area contributed by atoms with Crippen LogP contribution in [0.15, 0.2) is 0 Å². The van der Waals surface area contributed by atoms with Crippen LogP contribution in [0.2, 0.25) is 0 Å². The van der Waals surface area contributed by atoms with E-state index in [1.807, 2.05) is 0 Å². The van der Waals surface area contributed by atoms with Gasteiger partial charge >= 0.3 is 0 Å². The zero-order valence-electron chi connectivity index (χ0n) is 12.6. The summed E-state index contributed by atoms with van der Waals surface area (Å²) >= 11 is 0. The van der Waals surface area contributed by atoms with Gasteiger partial charge in [-0.2, -0.15) is 0 Å². The van der Waals surface area contributed by atoms with Crippen LogP contribution in [0.5, 0.6) is 0 Å². The van der Waals surface area contributed by atoms with Gasteiger partial charge in [0.2, 0.25) is 0 Å². The molecule has 0 bridgehead atoms. The van der Waals surface area contributed by atoms with Crippen molar-refractivity contribution in [1.82, 2.24) is 0 Å². The molecule has 0 heterocycles. The van der Waals surface area contributed by atoms with E-state index in [-0.39, 0.29) is 10.3 Å². The summed E-state index contributed by atoms with van der Waals surface area (Å²) in [6.45, 7) is 14.0. The first-order valence-electron chi connectivity index (χ1n) is 7.19. The van der Waals surface area contributed by atoms with Gasteiger partial charge < -0.3 is 5.16 Å². The third-order valence-electron chi connectivity index (χ3n) is 5.34. The summed E-state index contributed by atoms with van der Waals surface area (Å²) in [4.78, 5) is 0. The Kier molecular flexibility index (Phi) is 2.91. The minimum Gasteiger partial charge on any atom is -0.317 e. The molecule has 2 fully saturated rings. The number of nitrogens with one attached hydrogen (secondary N) is 1. The smallest absolute Gasteiger partial charge is 0.000339 e. The Labute approximate surface area is 108 Å². The standard InChI is InChI=1S/C15H30NP/c1-13(2,3)17(16,14(4,5)6)12-8-7-9-15(12)10-11-15/h12,16H,7-11H2,1-6H3. The Hall–Kier alpha value is 0.230. The van der Waals surface area contributed by atoms with Crippen molar-refractivity contribution < 1.29 is 0 Å². The second-order valence-electron chi connectivity index (χ2n) is 8.33. The first-order valence-corrected chi connectivity index (χ1v) is 9.04. The molecule has 1 spiro atoms. The molecule has 0 saturated heterocycles. The largest absolute Gasteiger partial charge is 0.317 e. The van der Waals surface area contributed by atoms with Gasteiger partial charge in [0.05, 0.1) is 0 Å². The molecule has 17 heavy (non-hydrogen) atoms. The molecule has 1 unspecified atom stereocenters. The molecule has 2 heteroatoms. The molecule has 1 N–H and O–H groups in total. The summed E-state index contributed by atoms with van der Waals surface area (Å²) in [6, 6.07) is 0. The maximum Gasteiger partial charge on any atom is 0.000339 e. The molecular weight excluding hydrogens is 225 g/mol. The quantitative estimate of drug-likeness (QED) is 0.581. The lowest BCUT2D eigenvalue weighted by Gasteiger charge is -2.51. The van der Waals surface area contributed by atoms with Crippen LogP contribution in [0.4, 0.5) is 0 Å². The SMILES string of the molecule is CC(C)(C)P(=N)(C1CCCC12CC2)C(C)(C)C. The first-order chi connectivity index (χ1) is 7.55. The number of hydrogen-bond acceptors (Lipinski definition) is 1. The predicted molar refractivity (Wildman–Crippen MR) is 78.5 cm³/mol. The molecule has 0 amide bonds. The lowest BCUT2D eigenvalue weighted by molar-refractivity contribution is 0.518. The van der Waals surface area contributed by atoms with E-state index in [2.05, 4.69) is 41.5 Å². The van der Waals surface area contributed by atoms with E-state index in [4.69, 9.17) is 0 Å². The molecule has 2 aliphatic rings. The van der Waals surface area contributed by atoms with Crippen LogP contribution in [-0.4, -0.2) is 16.0 Å². The van der Waals surface area contributed by atoms with E-state index in [0.29, 0.717) is 5.41 Å². The second kappa shape index (κ2) is 3.62. The van der Waals surface area contributed by atoms with Gasteiger partial charge in [-0.05, 0) is 48.5 Å². The average Bonchev–Trinajstić information content (AvgIpc) is 2.73. The van der Waals surface area contributed by atoms with Crippen LogP contribution in [0.25, 0.3) is 0 Å². The minimum absolute atomic E-state index is 0.176. The van der Waals surface area contributed by atoms with Crippen LogP contribution in [0, 0.1) is 10.6 Å². The van der Waals surface area contributed by atoms with Crippen molar-refractivity contribution in [1.29, 1.82) is 5.16 Å². The lowest BCUT2D eigenvalue weighted by Crippen LogP contribution is -2.37. The summed E-state index contributed by atoms with van der Waals surface area (Å²) < 4.78 is 0. The topological polar surface area (TPSA) is 23.9 Å². The Morgan fingerprint density at radius 3 is 1.76 bits per heavy atom. The van der Waals surface area contributed by atoms with Gasteiger partial charge in [0.1, 0.15) is 0 Å². The fourth-order valence-corrected chi connectivity index (χ4v) is 10.1. The Morgan fingerprint density at radius 2 is 1.41 bits per heavy atom. The highest BCUT2D eigenvalue weighted by atomic mass is 31.2. The Bertz CT molecular complexity index is 334. The molecule has 0 aromatic heterocycles. The summed E-state index contributed by atoms with van der Waals surface area (Å²) in [7, 11) is -1.69. The van der Waals surface area contributed by atoms with Gasteiger partial charge in [0, 0.05) is 5.66 Å². The van der Waals surface area contributed by atoms with Crippen molar-refractivity contribution in [2.45, 2.75) is 89.6 Å². The molecule has 100 valence electrons. The summed E-state index contributed by atoms with van der Waals surface area (Å²) in [6.07, 6.45) is 6.99. The van der Waals surface area contributed by atoms with Crippen LogP contribution in [-0.2, 0) is 0 Å². The molecule has 1 nitrogen and oxygen atoms in total. The van der Waals surface area contributed by atoms with Crippen molar-refractivity contribution in [3.8, 4) is 0 Å². The molecule has 1 atom stereocenters. The average molecular weight is 255 g/mol. The first kappa shape index (κ1) is 13.7.